The summed E-state index contributed by atoms with van der Waals surface area (Å²) in [6, 6.07) is 19.2. The number of nitrogens with zero attached hydrogens (tertiary/aromatic N) is 3. The summed E-state index contributed by atoms with van der Waals surface area (Å²) in [6.45, 7) is 0.368. The molecule has 5 rings (SSSR count). The smallest absolute Gasteiger partial charge is 0.282 e. The van der Waals surface area contributed by atoms with Gasteiger partial charge in [0.15, 0.2) is 11.5 Å². The number of methoxy groups -OCH3 is 1. The van der Waals surface area contributed by atoms with Gasteiger partial charge < -0.3 is 9.47 Å². The second-order valence-corrected chi connectivity index (χ2v) is 11.0. The number of halogens is 2. The third kappa shape index (κ3) is 5.80. The molecule has 0 unspecified atom stereocenters. The van der Waals surface area contributed by atoms with Gasteiger partial charge in [0.05, 0.1) is 24.2 Å². The van der Waals surface area contributed by atoms with Gasteiger partial charge in [-0.2, -0.15) is 9.78 Å². The molecule has 0 amide bonds. The molecule has 0 radical (unpaired) electrons. The number of fused-ring (bicyclic) bond motifs is 1. The third-order valence-corrected chi connectivity index (χ3v) is 7.66. The van der Waals surface area contributed by atoms with Gasteiger partial charge in [-0.05, 0) is 60.9 Å². The number of hydrogen-bond donors (Lipinski definition) is 0. The SMILES string of the molecule is COc1cccc(C=Nn2c(C3CCCCC3)nc3ccc(Br)cc3c2=O)c1OCc1ccc(Br)cc1. The lowest BCUT2D eigenvalue weighted by molar-refractivity contribution is 0.284. The third-order valence-electron chi connectivity index (χ3n) is 6.64. The van der Waals surface area contributed by atoms with E-state index in [9.17, 15) is 4.79 Å². The Labute approximate surface area is 232 Å². The summed E-state index contributed by atoms with van der Waals surface area (Å²) in [5, 5.41) is 5.22. The van der Waals surface area contributed by atoms with E-state index in [1.54, 1.807) is 19.4 Å². The molecule has 4 aromatic rings. The van der Waals surface area contributed by atoms with Crippen molar-refractivity contribution < 1.29 is 9.47 Å². The maximum atomic E-state index is 13.6. The van der Waals surface area contributed by atoms with Gasteiger partial charge >= 0.3 is 0 Å². The fraction of sp³-hybridized carbons (Fsp3) is 0.276. The zero-order valence-electron chi connectivity index (χ0n) is 20.5. The average Bonchev–Trinajstić information content (AvgIpc) is 2.93. The molecular formula is C29H27Br2N3O3. The lowest BCUT2D eigenvalue weighted by Gasteiger charge is -2.22. The van der Waals surface area contributed by atoms with E-state index in [0.29, 0.717) is 34.6 Å². The Morgan fingerprint density at radius 1 is 1.03 bits per heavy atom. The first kappa shape index (κ1) is 25.7. The van der Waals surface area contributed by atoms with Crippen LogP contribution in [-0.4, -0.2) is 23.0 Å². The topological polar surface area (TPSA) is 65.7 Å². The van der Waals surface area contributed by atoms with Crippen LogP contribution in [0.3, 0.4) is 0 Å². The number of aromatic nitrogens is 2. The summed E-state index contributed by atoms with van der Waals surface area (Å²) in [6.07, 6.45) is 7.15. The molecular weight excluding hydrogens is 598 g/mol. The van der Waals surface area contributed by atoms with Crippen LogP contribution in [0, 0.1) is 0 Å². The Hall–Kier alpha value is -2.97. The van der Waals surface area contributed by atoms with Gasteiger partial charge in [-0.3, -0.25) is 4.79 Å². The van der Waals surface area contributed by atoms with E-state index in [2.05, 4.69) is 31.9 Å². The first-order valence-electron chi connectivity index (χ1n) is 12.3. The lowest BCUT2D eigenvalue weighted by Crippen LogP contribution is -2.25. The van der Waals surface area contributed by atoms with Crippen LogP contribution in [0.2, 0.25) is 0 Å². The molecule has 1 fully saturated rings. The summed E-state index contributed by atoms with van der Waals surface area (Å²) < 4.78 is 15.1. The monoisotopic (exact) mass is 623 g/mol. The van der Waals surface area contributed by atoms with Crippen LogP contribution in [0.1, 0.15) is 55.0 Å². The van der Waals surface area contributed by atoms with E-state index in [4.69, 9.17) is 19.6 Å². The van der Waals surface area contributed by atoms with Gasteiger partial charge in [0.2, 0.25) is 0 Å². The van der Waals surface area contributed by atoms with Gasteiger partial charge in [0, 0.05) is 20.4 Å². The molecule has 0 atom stereocenters. The maximum Gasteiger partial charge on any atom is 0.282 e. The second kappa shape index (κ2) is 11.6. The van der Waals surface area contributed by atoms with E-state index in [-0.39, 0.29) is 11.5 Å². The Kier molecular flexibility index (Phi) is 8.05. The van der Waals surface area contributed by atoms with Crippen LogP contribution in [-0.2, 0) is 6.61 Å². The van der Waals surface area contributed by atoms with E-state index < -0.39 is 0 Å². The number of ether oxygens (including phenoxy) is 2. The zero-order valence-corrected chi connectivity index (χ0v) is 23.7. The van der Waals surface area contributed by atoms with Gasteiger partial charge in [0.1, 0.15) is 12.4 Å². The highest BCUT2D eigenvalue weighted by Crippen LogP contribution is 2.33. The predicted octanol–water partition coefficient (Wildman–Crippen LogP) is 7.44. The van der Waals surface area contributed by atoms with Crippen molar-refractivity contribution in [3.05, 3.63) is 96.9 Å². The Morgan fingerprint density at radius 2 is 1.78 bits per heavy atom. The molecule has 0 N–H and O–H groups in total. The van der Waals surface area contributed by atoms with Crippen LogP contribution < -0.4 is 15.0 Å². The van der Waals surface area contributed by atoms with E-state index in [0.717, 1.165) is 46.0 Å². The first-order chi connectivity index (χ1) is 18.0. The van der Waals surface area contributed by atoms with E-state index in [1.807, 2.05) is 54.6 Å². The molecule has 1 saturated carbocycles. The Bertz CT molecular complexity index is 1490. The van der Waals surface area contributed by atoms with Crippen LogP contribution in [0.5, 0.6) is 11.5 Å². The van der Waals surface area contributed by atoms with Crippen molar-refractivity contribution in [3.63, 3.8) is 0 Å². The van der Waals surface area contributed by atoms with Crippen LogP contribution >= 0.6 is 31.9 Å². The summed E-state index contributed by atoms with van der Waals surface area (Å²) in [4.78, 5) is 18.6. The molecule has 6 nitrogen and oxygen atoms in total. The minimum absolute atomic E-state index is 0.177. The molecule has 0 spiro atoms. The summed E-state index contributed by atoms with van der Waals surface area (Å²) in [5.41, 5.74) is 2.26. The molecule has 0 bridgehead atoms. The molecule has 3 aromatic carbocycles. The molecule has 1 aliphatic rings. The number of para-hydroxylation sites is 1. The van der Waals surface area contributed by atoms with Crippen molar-refractivity contribution in [2.75, 3.05) is 7.11 Å². The number of benzene rings is 3. The highest BCUT2D eigenvalue weighted by Gasteiger charge is 2.22. The average molecular weight is 625 g/mol. The molecule has 8 heteroatoms. The van der Waals surface area contributed by atoms with Crippen LogP contribution in [0.15, 0.2) is 79.5 Å². The van der Waals surface area contributed by atoms with Crippen LogP contribution in [0.4, 0.5) is 0 Å². The molecule has 1 heterocycles. The van der Waals surface area contributed by atoms with Crippen molar-refractivity contribution in [1.82, 2.24) is 9.66 Å². The predicted molar refractivity (Wildman–Crippen MR) is 154 cm³/mol. The van der Waals surface area contributed by atoms with Gasteiger partial charge in [0.25, 0.3) is 5.56 Å². The number of hydrogen-bond acceptors (Lipinski definition) is 5. The second-order valence-electron chi connectivity index (χ2n) is 9.12. The molecule has 0 aliphatic heterocycles. The minimum Gasteiger partial charge on any atom is -0.493 e. The minimum atomic E-state index is -0.177. The van der Waals surface area contributed by atoms with Crippen LogP contribution in [0.25, 0.3) is 10.9 Å². The standard InChI is InChI=1S/C29H27Br2N3O3/c1-36-26-9-5-8-21(27(26)37-18-19-10-12-22(30)13-11-19)17-32-34-28(20-6-3-2-4-7-20)33-25-15-14-23(31)16-24(25)29(34)35/h5,8-17,20H,2-4,6-7,18H2,1H3. The van der Waals surface area contributed by atoms with Crippen molar-refractivity contribution in [1.29, 1.82) is 0 Å². The van der Waals surface area contributed by atoms with E-state index >= 15 is 0 Å². The molecule has 1 aliphatic carbocycles. The van der Waals surface area contributed by atoms with Crippen molar-refractivity contribution in [2.24, 2.45) is 5.10 Å². The fourth-order valence-electron chi connectivity index (χ4n) is 4.71. The maximum absolute atomic E-state index is 13.6. The quantitative estimate of drug-likeness (QED) is 0.200. The fourth-order valence-corrected chi connectivity index (χ4v) is 5.33. The summed E-state index contributed by atoms with van der Waals surface area (Å²) in [5.74, 6) is 2.09. The van der Waals surface area contributed by atoms with Crippen molar-refractivity contribution >= 4 is 49.0 Å². The number of rotatable bonds is 7. The zero-order chi connectivity index (χ0) is 25.8. The molecule has 1 aromatic heterocycles. The van der Waals surface area contributed by atoms with Gasteiger partial charge in [-0.25, -0.2) is 4.98 Å². The van der Waals surface area contributed by atoms with Gasteiger partial charge in [-0.1, -0.05) is 69.3 Å². The highest BCUT2D eigenvalue weighted by molar-refractivity contribution is 9.10. The largest absolute Gasteiger partial charge is 0.493 e. The normalized spacial score (nSPS) is 14.4. The van der Waals surface area contributed by atoms with Crippen molar-refractivity contribution in [2.45, 2.75) is 44.6 Å². The molecule has 0 saturated heterocycles. The molecule has 190 valence electrons. The summed E-state index contributed by atoms with van der Waals surface area (Å²) >= 11 is 6.94. The van der Waals surface area contributed by atoms with Crippen molar-refractivity contribution in [3.8, 4) is 11.5 Å². The molecule has 37 heavy (non-hydrogen) atoms. The van der Waals surface area contributed by atoms with E-state index in [1.165, 1.54) is 11.1 Å². The lowest BCUT2D eigenvalue weighted by atomic mass is 9.88. The first-order valence-corrected chi connectivity index (χ1v) is 13.9. The Morgan fingerprint density at radius 3 is 2.54 bits per heavy atom. The highest BCUT2D eigenvalue weighted by atomic mass is 79.9. The van der Waals surface area contributed by atoms with Gasteiger partial charge in [-0.15, -0.1) is 0 Å². The summed E-state index contributed by atoms with van der Waals surface area (Å²) in [7, 11) is 1.61. The Balaban J connectivity index is 1.55.